The summed E-state index contributed by atoms with van der Waals surface area (Å²) in [5.41, 5.74) is 4.71. The predicted octanol–water partition coefficient (Wildman–Crippen LogP) is 1.61. The molecule has 0 saturated heterocycles. The minimum absolute atomic E-state index is 0.998. The fourth-order valence-corrected chi connectivity index (χ4v) is 1.89. The molecule has 0 aromatic carbocycles. The van der Waals surface area contributed by atoms with E-state index in [-0.39, 0.29) is 0 Å². The number of nitrogens with zero attached hydrogens (tertiary/aromatic N) is 3. The first-order valence-corrected chi connectivity index (χ1v) is 4.35. The lowest BCUT2D eigenvalue weighted by Crippen LogP contribution is -2.00. The molecule has 0 N–H and O–H groups in total. The van der Waals surface area contributed by atoms with Crippen LogP contribution < -0.4 is 0 Å². The van der Waals surface area contributed by atoms with Gasteiger partial charge in [0.1, 0.15) is 6.33 Å². The minimum Gasteiger partial charge on any atom is -0.234 e. The molecule has 2 aromatic rings. The summed E-state index contributed by atoms with van der Waals surface area (Å²) in [6, 6.07) is 2.18. The highest BCUT2D eigenvalue weighted by Crippen LogP contribution is 2.23. The van der Waals surface area contributed by atoms with E-state index in [0.29, 0.717) is 0 Å². The van der Waals surface area contributed by atoms with E-state index in [1.54, 1.807) is 6.33 Å². The SMILES string of the molecule is Cc1cc2c3c(ncnn13)C=CC2. The van der Waals surface area contributed by atoms with Gasteiger partial charge in [0.25, 0.3) is 0 Å². The Kier molecular flexibility index (Phi) is 1.15. The van der Waals surface area contributed by atoms with Crippen molar-refractivity contribution in [1.82, 2.24) is 14.6 Å². The molecule has 3 nitrogen and oxygen atoms in total. The van der Waals surface area contributed by atoms with Gasteiger partial charge in [-0.15, -0.1) is 0 Å². The van der Waals surface area contributed by atoms with Gasteiger partial charge in [-0.25, -0.2) is 9.50 Å². The third kappa shape index (κ3) is 0.786. The van der Waals surface area contributed by atoms with Crippen LogP contribution in [0, 0.1) is 6.92 Å². The van der Waals surface area contributed by atoms with Crippen LogP contribution in [0.3, 0.4) is 0 Å². The van der Waals surface area contributed by atoms with Crippen LogP contribution in [0.4, 0.5) is 0 Å². The Morgan fingerprint density at radius 1 is 1.46 bits per heavy atom. The van der Waals surface area contributed by atoms with Gasteiger partial charge in [-0.1, -0.05) is 6.08 Å². The van der Waals surface area contributed by atoms with Crippen LogP contribution in [-0.4, -0.2) is 14.6 Å². The lowest BCUT2D eigenvalue weighted by atomic mass is 10.1. The molecule has 0 saturated carbocycles. The average Bonchev–Trinajstić information content (AvgIpc) is 2.47. The van der Waals surface area contributed by atoms with Gasteiger partial charge < -0.3 is 0 Å². The summed E-state index contributed by atoms with van der Waals surface area (Å²) in [6.45, 7) is 2.07. The molecule has 13 heavy (non-hydrogen) atoms. The Bertz CT molecular complexity index is 508. The van der Waals surface area contributed by atoms with Gasteiger partial charge in [0, 0.05) is 5.69 Å². The second kappa shape index (κ2) is 2.19. The fraction of sp³-hybridized carbons (Fsp3) is 0.200. The first kappa shape index (κ1) is 6.83. The molecule has 0 fully saturated rings. The Balaban J connectivity index is 2.57. The summed E-state index contributed by atoms with van der Waals surface area (Å²) in [6.07, 6.45) is 6.81. The topological polar surface area (TPSA) is 30.2 Å². The Morgan fingerprint density at radius 3 is 3.31 bits per heavy atom. The van der Waals surface area contributed by atoms with Crippen molar-refractivity contribution >= 4 is 11.6 Å². The summed E-state index contributed by atoms with van der Waals surface area (Å²) < 4.78 is 1.96. The van der Waals surface area contributed by atoms with E-state index in [1.165, 1.54) is 16.8 Å². The highest BCUT2D eigenvalue weighted by Gasteiger charge is 2.12. The van der Waals surface area contributed by atoms with Gasteiger partial charge >= 0.3 is 0 Å². The number of allylic oxidation sites excluding steroid dienone is 1. The molecule has 64 valence electrons. The summed E-state index contributed by atoms with van der Waals surface area (Å²) in [5, 5.41) is 4.22. The second-order valence-corrected chi connectivity index (χ2v) is 3.32. The quantitative estimate of drug-likeness (QED) is 0.602. The fourth-order valence-electron chi connectivity index (χ4n) is 1.89. The van der Waals surface area contributed by atoms with E-state index < -0.39 is 0 Å². The van der Waals surface area contributed by atoms with E-state index in [0.717, 1.165) is 12.1 Å². The molecule has 3 rings (SSSR count). The van der Waals surface area contributed by atoms with E-state index in [2.05, 4.69) is 35.2 Å². The molecule has 1 aliphatic carbocycles. The zero-order valence-corrected chi connectivity index (χ0v) is 7.36. The summed E-state index contributed by atoms with van der Waals surface area (Å²) >= 11 is 0. The molecule has 0 unspecified atom stereocenters. The number of aromatic nitrogens is 3. The third-order valence-electron chi connectivity index (χ3n) is 2.45. The van der Waals surface area contributed by atoms with Crippen LogP contribution in [-0.2, 0) is 6.42 Å². The van der Waals surface area contributed by atoms with Crippen molar-refractivity contribution in [2.75, 3.05) is 0 Å². The lowest BCUT2D eigenvalue weighted by molar-refractivity contribution is 0.865. The van der Waals surface area contributed by atoms with Crippen molar-refractivity contribution in [3.05, 3.63) is 35.4 Å². The summed E-state index contributed by atoms with van der Waals surface area (Å²) in [7, 11) is 0. The van der Waals surface area contributed by atoms with E-state index >= 15 is 0 Å². The van der Waals surface area contributed by atoms with Gasteiger partial charge in [-0.05, 0) is 31.1 Å². The molecule has 3 heteroatoms. The molecule has 0 aliphatic heterocycles. The highest BCUT2D eigenvalue weighted by molar-refractivity contribution is 5.73. The van der Waals surface area contributed by atoms with Crippen molar-refractivity contribution in [3.8, 4) is 0 Å². The zero-order chi connectivity index (χ0) is 8.84. The van der Waals surface area contributed by atoms with Gasteiger partial charge in [-0.2, -0.15) is 5.10 Å². The minimum atomic E-state index is 0.998. The van der Waals surface area contributed by atoms with Crippen LogP contribution in [0.5, 0.6) is 0 Å². The third-order valence-corrected chi connectivity index (χ3v) is 2.45. The smallest absolute Gasteiger partial charge is 0.137 e. The molecule has 1 aliphatic rings. The van der Waals surface area contributed by atoms with Gasteiger partial charge in [-0.3, -0.25) is 0 Å². The van der Waals surface area contributed by atoms with Crippen LogP contribution in [0.2, 0.25) is 0 Å². The Morgan fingerprint density at radius 2 is 2.38 bits per heavy atom. The normalized spacial score (nSPS) is 13.9. The molecular formula is C10H9N3. The first-order chi connectivity index (χ1) is 6.36. The van der Waals surface area contributed by atoms with Crippen LogP contribution in [0.15, 0.2) is 18.5 Å². The second-order valence-electron chi connectivity index (χ2n) is 3.32. The molecule has 0 atom stereocenters. The van der Waals surface area contributed by atoms with E-state index in [1.807, 2.05) is 4.52 Å². The maximum atomic E-state index is 4.23. The van der Waals surface area contributed by atoms with Crippen molar-refractivity contribution in [1.29, 1.82) is 0 Å². The Labute approximate surface area is 75.7 Å². The van der Waals surface area contributed by atoms with Crippen molar-refractivity contribution < 1.29 is 0 Å². The van der Waals surface area contributed by atoms with Crippen LogP contribution in [0.25, 0.3) is 11.6 Å². The number of aryl methyl sites for hydroxylation is 1. The predicted molar refractivity (Wildman–Crippen MR) is 50.5 cm³/mol. The van der Waals surface area contributed by atoms with Gasteiger partial charge in [0.2, 0.25) is 0 Å². The first-order valence-electron chi connectivity index (χ1n) is 4.35. The van der Waals surface area contributed by atoms with Crippen molar-refractivity contribution in [2.45, 2.75) is 13.3 Å². The molecule has 0 spiro atoms. The summed E-state index contributed by atoms with van der Waals surface area (Å²) in [5.74, 6) is 0. The molecular weight excluding hydrogens is 162 g/mol. The monoisotopic (exact) mass is 171 g/mol. The molecule has 2 aromatic heterocycles. The maximum absolute atomic E-state index is 4.23. The highest BCUT2D eigenvalue weighted by atomic mass is 15.2. The van der Waals surface area contributed by atoms with Crippen LogP contribution in [0.1, 0.15) is 17.0 Å². The zero-order valence-electron chi connectivity index (χ0n) is 7.36. The Hall–Kier alpha value is -1.64. The standard InChI is InChI=1S/C10H9N3/c1-7-5-8-3-2-4-9-10(8)13(7)12-6-11-9/h2,4-6H,3H2,1H3. The summed E-state index contributed by atoms with van der Waals surface area (Å²) in [4.78, 5) is 4.23. The van der Waals surface area contributed by atoms with Crippen LogP contribution >= 0.6 is 0 Å². The maximum Gasteiger partial charge on any atom is 0.137 e. The number of rotatable bonds is 0. The molecule has 0 amide bonds. The van der Waals surface area contributed by atoms with E-state index in [9.17, 15) is 0 Å². The van der Waals surface area contributed by atoms with Crippen molar-refractivity contribution in [3.63, 3.8) is 0 Å². The number of hydrogen-bond acceptors (Lipinski definition) is 2. The largest absolute Gasteiger partial charge is 0.234 e. The van der Waals surface area contributed by atoms with Crippen molar-refractivity contribution in [2.24, 2.45) is 0 Å². The average molecular weight is 171 g/mol. The molecule has 2 heterocycles. The molecule has 0 bridgehead atoms. The van der Waals surface area contributed by atoms with Gasteiger partial charge in [0.15, 0.2) is 0 Å². The van der Waals surface area contributed by atoms with Gasteiger partial charge in [0.05, 0.1) is 11.2 Å². The lowest BCUT2D eigenvalue weighted by Gasteiger charge is -2.04. The van der Waals surface area contributed by atoms with E-state index in [4.69, 9.17) is 0 Å². The molecule has 0 radical (unpaired) electrons. The number of hydrogen-bond donors (Lipinski definition) is 0.